The zero-order valence-corrected chi connectivity index (χ0v) is 13.3. The van der Waals surface area contributed by atoms with Gasteiger partial charge in [0.1, 0.15) is 0 Å². The molecule has 0 aliphatic carbocycles. The zero-order chi connectivity index (χ0) is 16.8. The average Bonchev–Trinajstić information content (AvgIpc) is 2.53. The second kappa shape index (κ2) is 7.59. The Kier molecular flexibility index (Phi) is 6.11. The van der Waals surface area contributed by atoms with Crippen molar-refractivity contribution >= 4 is 11.8 Å². The van der Waals surface area contributed by atoms with E-state index in [1.54, 1.807) is 12.1 Å². The average molecular weight is 302 g/mol. The smallest absolute Gasteiger partial charge is 0.338 e. The number of hydrogen-bond acceptors (Lipinski definition) is 4. The SMILES string of the molecule is C=CC(C)(C)CC/C=C(\O)C(=O)c1ccccc1C(=O)OC. The van der Waals surface area contributed by atoms with Crippen molar-refractivity contribution in [1.29, 1.82) is 0 Å². The number of carbonyl (C=O) groups excluding carboxylic acids is 2. The minimum absolute atomic E-state index is 0.0657. The van der Waals surface area contributed by atoms with Crippen molar-refractivity contribution in [3.8, 4) is 0 Å². The van der Waals surface area contributed by atoms with Gasteiger partial charge < -0.3 is 9.84 Å². The van der Waals surface area contributed by atoms with Gasteiger partial charge in [0.25, 0.3) is 0 Å². The number of hydrogen-bond donors (Lipinski definition) is 1. The topological polar surface area (TPSA) is 63.6 Å². The van der Waals surface area contributed by atoms with Crippen LogP contribution in [-0.4, -0.2) is 24.0 Å². The molecule has 22 heavy (non-hydrogen) atoms. The summed E-state index contributed by atoms with van der Waals surface area (Å²) >= 11 is 0. The maximum absolute atomic E-state index is 12.3. The van der Waals surface area contributed by atoms with Gasteiger partial charge in [-0.3, -0.25) is 4.79 Å². The maximum Gasteiger partial charge on any atom is 0.338 e. The van der Waals surface area contributed by atoms with Gasteiger partial charge in [0.2, 0.25) is 5.78 Å². The number of methoxy groups -OCH3 is 1. The van der Waals surface area contributed by atoms with Crippen molar-refractivity contribution in [3.63, 3.8) is 0 Å². The van der Waals surface area contributed by atoms with Crippen LogP contribution in [0.1, 0.15) is 47.4 Å². The van der Waals surface area contributed by atoms with E-state index in [2.05, 4.69) is 11.3 Å². The summed E-state index contributed by atoms with van der Waals surface area (Å²) in [6.45, 7) is 7.81. The normalized spacial score (nSPS) is 11.9. The van der Waals surface area contributed by atoms with Crippen molar-refractivity contribution in [2.45, 2.75) is 26.7 Å². The zero-order valence-electron chi connectivity index (χ0n) is 13.3. The predicted octanol–water partition coefficient (Wildman–Crippen LogP) is 4.09. The third-order valence-electron chi connectivity index (χ3n) is 3.49. The van der Waals surface area contributed by atoms with Gasteiger partial charge in [-0.05, 0) is 30.4 Å². The molecule has 0 unspecified atom stereocenters. The summed E-state index contributed by atoms with van der Waals surface area (Å²) in [7, 11) is 1.25. The molecule has 4 heteroatoms. The van der Waals surface area contributed by atoms with Crippen molar-refractivity contribution in [3.05, 3.63) is 59.9 Å². The highest BCUT2D eigenvalue weighted by molar-refractivity contribution is 6.13. The van der Waals surface area contributed by atoms with Gasteiger partial charge in [-0.15, -0.1) is 6.58 Å². The number of allylic oxidation sites excluding steroid dienone is 3. The van der Waals surface area contributed by atoms with Crippen LogP contribution < -0.4 is 0 Å². The Morgan fingerprint density at radius 1 is 1.27 bits per heavy atom. The third-order valence-corrected chi connectivity index (χ3v) is 3.49. The van der Waals surface area contributed by atoms with E-state index >= 15 is 0 Å². The molecule has 0 aliphatic rings. The fourth-order valence-corrected chi connectivity index (χ4v) is 1.88. The highest BCUT2D eigenvalue weighted by atomic mass is 16.5. The Hall–Kier alpha value is -2.36. The van der Waals surface area contributed by atoms with Crippen molar-refractivity contribution in [1.82, 2.24) is 0 Å². The van der Waals surface area contributed by atoms with E-state index in [9.17, 15) is 14.7 Å². The summed E-state index contributed by atoms with van der Waals surface area (Å²) in [5.41, 5.74) is 0.205. The van der Waals surface area contributed by atoms with E-state index in [0.29, 0.717) is 6.42 Å². The second-order valence-corrected chi connectivity index (χ2v) is 5.69. The predicted molar refractivity (Wildman–Crippen MR) is 86.0 cm³/mol. The molecule has 118 valence electrons. The molecule has 4 nitrogen and oxygen atoms in total. The van der Waals surface area contributed by atoms with Crippen LogP contribution in [0, 0.1) is 5.41 Å². The van der Waals surface area contributed by atoms with Crippen LogP contribution in [0.2, 0.25) is 0 Å². The maximum atomic E-state index is 12.3. The van der Waals surface area contributed by atoms with Crippen molar-refractivity contribution in [2.24, 2.45) is 5.41 Å². The summed E-state index contributed by atoms with van der Waals surface area (Å²) in [4.78, 5) is 23.9. The van der Waals surface area contributed by atoms with Crippen LogP contribution in [-0.2, 0) is 4.74 Å². The fraction of sp³-hybridized carbons (Fsp3) is 0.333. The van der Waals surface area contributed by atoms with Crippen LogP contribution in [0.5, 0.6) is 0 Å². The Balaban J connectivity index is 2.92. The second-order valence-electron chi connectivity index (χ2n) is 5.69. The number of esters is 1. The summed E-state index contributed by atoms with van der Waals surface area (Å²) in [6.07, 6.45) is 4.61. The van der Waals surface area contributed by atoms with Crippen molar-refractivity contribution in [2.75, 3.05) is 7.11 Å². The lowest BCUT2D eigenvalue weighted by Gasteiger charge is -2.17. The summed E-state index contributed by atoms with van der Waals surface area (Å²) < 4.78 is 4.64. The van der Waals surface area contributed by atoms with Gasteiger partial charge in [-0.25, -0.2) is 4.79 Å². The lowest BCUT2D eigenvalue weighted by Crippen LogP contribution is -2.12. The molecule has 0 bridgehead atoms. The van der Waals surface area contributed by atoms with E-state index in [1.165, 1.54) is 25.3 Å². The van der Waals surface area contributed by atoms with E-state index < -0.39 is 11.8 Å². The fourth-order valence-electron chi connectivity index (χ4n) is 1.88. The first-order valence-electron chi connectivity index (χ1n) is 7.07. The molecule has 0 saturated heterocycles. The Bertz CT molecular complexity index is 597. The molecule has 1 N–H and O–H groups in total. The molecule has 1 rings (SSSR count). The number of aliphatic hydroxyl groups is 1. The molecule has 1 aromatic carbocycles. The lowest BCUT2D eigenvalue weighted by atomic mass is 9.88. The van der Waals surface area contributed by atoms with E-state index in [4.69, 9.17) is 0 Å². The number of carbonyl (C=O) groups is 2. The first-order chi connectivity index (χ1) is 10.3. The molecule has 0 fully saturated rings. The minimum Gasteiger partial charge on any atom is -0.504 e. The van der Waals surface area contributed by atoms with Gasteiger partial charge >= 0.3 is 5.97 Å². The Morgan fingerprint density at radius 3 is 2.41 bits per heavy atom. The minimum atomic E-state index is -0.607. The number of rotatable bonds is 7. The third kappa shape index (κ3) is 4.58. The first kappa shape index (κ1) is 17.7. The van der Waals surface area contributed by atoms with Gasteiger partial charge in [0.05, 0.1) is 12.7 Å². The van der Waals surface area contributed by atoms with E-state index in [-0.39, 0.29) is 22.3 Å². The van der Waals surface area contributed by atoms with Crippen LogP contribution >= 0.6 is 0 Å². The number of ketones is 1. The van der Waals surface area contributed by atoms with Crippen molar-refractivity contribution < 1.29 is 19.4 Å². The highest BCUT2D eigenvalue weighted by Crippen LogP contribution is 2.24. The van der Waals surface area contributed by atoms with Crippen LogP contribution in [0.4, 0.5) is 0 Å². The molecule has 0 aromatic heterocycles. The summed E-state index contributed by atoms with van der Waals surface area (Å²) in [5, 5.41) is 9.95. The molecular weight excluding hydrogens is 280 g/mol. The van der Waals surface area contributed by atoms with Crippen LogP contribution in [0.3, 0.4) is 0 Å². The number of aliphatic hydroxyl groups excluding tert-OH is 1. The lowest BCUT2D eigenvalue weighted by molar-refractivity contribution is 0.0597. The Morgan fingerprint density at radius 2 is 1.86 bits per heavy atom. The van der Waals surface area contributed by atoms with Gasteiger partial charge in [-0.2, -0.15) is 0 Å². The molecule has 1 aromatic rings. The van der Waals surface area contributed by atoms with E-state index in [0.717, 1.165) is 6.42 Å². The Labute approximate surface area is 131 Å². The highest BCUT2D eigenvalue weighted by Gasteiger charge is 2.20. The molecule has 0 atom stereocenters. The number of ether oxygens (including phenoxy) is 1. The molecule has 0 heterocycles. The standard InChI is InChI=1S/C18H22O4/c1-5-18(2,3)12-8-11-15(19)16(20)13-9-6-7-10-14(13)17(21)22-4/h5-7,9-11,19H,1,8,12H2,2-4H3/b15-11-. The molecule has 0 spiro atoms. The van der Waals surface area contributed by atoms with Crippen LogP contribution in [0.15, 0.2) is 48.8 Å². The van der Waals surface area contributed by atoms with E-state index in [1.807, 2.05) is 19.9 Å². The largest absolute Gasteiger partial charge is 0.504 e. The van der Waals surface area contributed by atoms with Gasteiger partial charge in [0.15, 0.2) is 5.76 Å². The number of Topliss-reactive ketones (excluding diaryl/α,β-unsaturated/α-hetero) is 1. The van der Waals surface area contributed by atoms with Crippen LogP contribution in [0.25, 0.3) is 0 Å². The molecule has 0 radical (unpaired) electrons. The quantitative estimate of drug-likeness (QED) is 0.271. The monoisotopic (exact) mass is 302 g/mol. The molecular formula is C18H22O4. The molecule has 0 amide bonds. The van der Waals surface area contributed by atoms with Gasteiger partial charge in [-0.1, -0.05) is 38.1 Å². The summed E-state index contributed by atoms with van der Waals surface area (Å²) in [5.74, 6) is -1.56. The first-order valence-corrected chi connectivity index (χ1v) is 7.07. The number of benzene rings is 1. The summed E-state index contributed by atoms with van der Waals surface area (Å²) in [6, 6.07) is 6.25. The van der Waals surface area contributed by atoms with Gasteiger partial charge in [0, 0.05) is 5.56 Å². The molecule has 0 aliphatic heterocycles. The molecule has 0 saturated carbocycles.